The Labute approximate surface area is 120 Å². The zero-order valence-electron chi connectivity index (χ0n) is 10.9. The van der Waals surface area contributed by atoms with Gasteiger partial charge >= 0.3 is 0 Å². The molecule has 5 heteroatoms. The van der Waals surface area contributed by atoms with Crippen molar-refractivity contribution in [2.75, 3.05) is 0 Å². The van der Waals surface area contributed by atoms with E-state index in [0.717, 1.165) is 26.6 Å². The second kappa shape index (κ2) is 5.02. The van der Waals surface area contributed by atoms with Crippen molar-refractivity contribution in [3.05, 3.63) is 54.0 Å². The summed E-state index contributed by atoms with van der Waals surface area (Å²) in [5, 5.41) is 9.44. The molecule has 3 aromatic rings. The average Bonchev–Trinajstić information content (AvgIpc) is 2.83. The first kappa shape index (κ1) is 12.7. The molecule has 0 aliphatic rings. The van der Waals surface area contributed by atoms with Crippen molar-refractivity contribution < 1.29 is 4.42 Å². The standard InChI is InChI=1S/C15H13N3OS/c1-9-13(6-7-19-9)20-15-11(14(16)17)8-10-4-2-3-5-12(10)18-15/h2-8H,1H3,(H3,16,17). The van der Waals surface area contributed by atoms with Crippen LogP contribution in [0.15, 0.2) is 57.0 Å². The number of nitrogens with zero attached hydrogens (tertiary/aromatic N) is 1. The van der Waals surface area contributed by atoms with Crippen LogP contribution in [0.4, 0.5) is 0 Å². The fourth-order valence-corrected chi connectivity index (χ4v) is 2.90. The third-order valence-electron chi connectivity index (χ3n) is 3.00. The highest BCUT2D eigenvalue weighted by Gasteiger charge is 2.13. The molecule has 0 aliphatic heterocycles. The number of rotatable bonds is 3. The minimum absolute atomic E-state index is 0.0203. The maximum atomic E-state index is 7.73. The van der Waals surface area contributed by atoms with Crippen LogP contribution in [0.3, 0.4) is 0 Å². The summed E-state index contributed by atoms with van der Waals surface area (Å²) >= 11 is 1.46. The van der Waals surface area contributed by atoms with Crippen LogP contribution in [0.1, 0.15) is 11.3 Å². The predicted molar refractivity (Wildman–Crippen MR) is 80.3 cm³/mol. The van der Waals surface area contributed by atoms with E-state index < -0.39 is 0 Å². The first-order chi connectivity index (χ1) is 9.65. The lowest BCUT2D eigenvalue weighted by molar-refractivity contribution is 0.527. The van der Waals surface area contributed by atoms with Gasteiger partial charge in [-0.05, 0) is 25.1 Å². The largest absolute Gasteiger partial charge is 0.468 e. The molecular formula is C15H13N3OS. The number of nitrogens with two attached hydrogens (primary N) is 1. The van der Waals surface area contributed by atoms with Crippen LogP contribution >= 0.6 is 11.8 Å². The third kappa shape index (κ3) is 2.28. The average molecular weight is 283 g/mol. The number of nitrogen functional groups attached to an aromatic ring is 1. The van der Waals surface area contributed by atoms with Gasteiger partial charge in [-0.3, -0.25) is 5.41 Å². The van der Waals surface area contributed by atoms with Crippen molar-refractivity contribution in [2.45, 2.75) is 16.8 Å². The lowest BCUT2D eigenvalue weighted by Crippen LogP contribution is -2.13. The molecule has 1 aromatic carbocycles. The van der Waals surface area contributed by atoms with Crippen molar-refractivity contribution in [3.8, 4) is 0 Å². The highest BCUT2D eigenvalue weighted by molar-refractivity contribution is 7.99. The van der Waals surface area contributed by atoms with Gasteiger partial charge in [-0.1, -0.05) is 30.0 Å². The Hall–Kier alpha value is -2.27. The molecule has 0 unspecified atom stereocenters. The predicted octanol–water partition coefficient (Wildman–Crippen LogP) is 3.57. The van der Waals surface area contributed by atoms with Gasteiger partial charge in [0, 0.05) is 10.9 Å². The SMILES string of the molecule is Cc1occc1Sc1nc2ccccc2cc1C(=N)N. The number of hydrogen-bond acceptors (Lipinski definition) is 4. The molecule has 100 valence electrons. The Morgan fingerprint density at radius 3 is 2.80 bits per heavy atom. The Morgan fingerprint density at radius 1 is 1.30 bits per heavy atom. The molecule has 2 heterocycles. The zero-order valence-corrected chi connectivity index (χ0v) is 11.7. The molecule has 3 N–H and O–H groups in total. The molecule has 0 bridgehead atoms. The normalized spacial score (nSPS) is 10.8. The third-order valence-corrected chi connectivity index (χ3v) is 4.15. The lowest BCUT2D eigenvalue weighted by atomic mass is 10.1. The fraction of sp³-hybridized carbons (Fsp3) is 0.0667. The number of furan rings is 1. The Bertz CT molecular complexity index is 795. The van der Waals surface area contributed by atoms with E-state index in [-0.39, 0.29) is 5.84 Å². The molecule has 0 saturated heterocycles. The monoisotopic (exact) mass is 283 g/mol. The van der Waals surface area contributed by atoms with E-state index in [4.69, 9.17) is 15.6 Å². The molecule has 0 fully saturated rings. The Morgan fingerprint density at radius 2 is 2.10 bits per heavy atom. The smallest absolute Gasteiger partial charge is 0.125 e. The van der Waals surface area contributed by atoms with Crippen molar-refractivity contribution in [1.82, 2.24) is 4.98 Å². The number of amidine groups is 1. The van der Waals surface area contributed by atoms with E-state index in [1.54, 1.807) is 6.26 Å². The molecule has 0 amide bonds. The molecule has 2 aromatic heterocycles. The molecular weight excluding hydrogens is 270 g/mol. The van der Waals surface area contributed by atoms with Gasteiger partial charge in [0.25, 0.3) is 0 Å². The molecule has 20 heavy (non-hydrogen) atoms. The van der Waals surface area contributed by atoms with E-state index in [2.05, 4.69) is 4.98 Å². The van der Waals surface area contributed by atoms with Crippen molar-refractivity contribution in [1.29, 1.82) is 5.41 Å². The van der Waals surface area contributed by atoms with Gasteiger partial charge in [0.05, 0.1) is 16.7 Å². The van der Waals surface area contributed by atoms with Crippen LogP contribution in [-0.4, -0.2) is 10.8 Å². The fourth-order valence-electron chi connectivity index (χ4n) is 1.95. The van der Waals surface area contributed by atoms with E-state index in [1.165, 1.54) is 11.8 Å². The van der Waals surface area contributed by atoms with Gasteiger partial charge in [-0.25, -0.2) is 4.98 Å². The van der Waals surface area contributed by atoms with Gasteiger partial charge < -0.3 is 10.2 Å². The van der Waals surface area contributed by atoms with Crippen molar-refractivity contribution in [3.63, 3.8) is 0 Å². The quantitative estimate of drug-likeness (QED) is 0.569. The summed E-state index contributed by atoms with van der Waals surface area (Å²) in [5.74, 6) is 0.853. The number of aromatic nitrogens is 1. The van der Waals surface area contributed by atoms with E-state index in [1.807, 2.05) is 43.3 Å². The second-order valence-electron chi connectivity index (χ2n) is 4.39. The summed E-state index contributed by atoms with van der Waals surface area (Å²) in [6, 6.07) is 11.6. The second-order valence-corrected chi connectivity index (χ2v) is 5.42. The van der Waals surface area contributed by atoms with Crippen LogP contribution in [0.5, 0.6) is 0 Å². The number of pyridine rings is 1. The Balaban J connectivity index is 2.14. The van der Waals surface area contributed by atoms with E-state index >= 15 is 0 Å². The van der Waals surface area contributed by atoms with Gasteiger partial charge in [0.15, 0.2) is 0 Å². The summed E-state index contributed by atoms with van der Waals surface area (Å²) in [7, 11) is 0. The highest BCUT2D eigenvalue weighted by atomic mass is 32.2. The lowest BCUT2D eigenvalue weighted by Gasteiger charge is -2.08. The molecule has 4 nitrogen and oxygen atoms in total. The summed E-state index contributed by atoms with van der Waals surface area (Å²) in [6.45, 7) is 1.90. The van der Waals surface area contributed by atoms with Gasteiger partial charge in [0.2, 0.25) is 0 Å². The van der Waals surface area contributed by atoms with Gasteiger partial charge in [-0.2, -0.15) is 0 Å². The first-order valence-electron chi connectivity index (χ1n) is 6.11. The minimum atomic E-state index is 0.0203. The number of aryl methyl sites for hydroxylation is 1. The topological polar surface area (TPSA) is 75.9 Å². The van der Waals surface area contributed by atoms with Gasteiger partial charge in [-0.15, -0.1) is 0 Å². The number of nitrogens with one attached hydrogen (secondary N) is 1. The molecule has 0 atom stereocenters. The van der Waals surface area contributed by atoms with Crippen molar-refractivity contribution >= 4 is 28.5 Å². The van der Waals surface area contributed by atoms with Gasteiger partial charge in [0.1, 0.15) is 16.6 Å². The molecule has 0 aliphatic carbocycles. The number of para-hydroxylation sites is 1. The molecule has 0 spiro atoms. The summed E-state index contributed by atoms with van der Waals surface area (Å²) in [4.78, 5) is 5.59. The maximum absolute atomic E-state index is 7.73. The summed E-state index contributed by atoms with van der Waals surface area (Å²) in [6.07, 6.45) is 1.64. The van der Waals surface area contributed by atoms with Crippen LogP contribution in [0.25, 0.3) is 10.9 Å². The number of benzene rings is 1. The van der Waals surface area contributed by atoms with Crippen LogP contribution in [0.2, 0.25) is 0 Å². The molecule has 3 rings (SSSR count). The van der Waals surface area contributed by atoms with Crippen LogP contribution in [-0.2, 0) is 0 Å². The zero-order chi connectivity index (χ0) is 14.1. The van der Waals surface area contributed by atoms with Crippen molar-refractivity contribution in [2.24, 2.45) is 5.73 Å². The molecule has 0 radical (unpaired) electrons. The van der Waals surface area contributed by atoms with Crippen LogP contribution in [0, 0.1) is 12.3 Å². The number of hydrogen-bond donors (Lipinski definition) is 2. The Kier molecular flexibility index (Phi) is 3.20. The number of fused-ring (bicyclic) bond motifs is 1. The summed E-state index contributed by atoms with van der Waals surface area (Å²) in [5.41, 5.74) is 7.22. The van der Waals surface area contributed by atoms with Crippen LogP contribution < -0.4 is 5.73 Å². The highest BCUT2D eigenvalue weighted by Crippen LogP contribution is 2.33. The summed E-state index contributed by atoms with van der Waals surface area (Å²) < 4.78 is 5.29. The minimum Gasteiger partial charge on any atom is -0.468 e. The first-order valence-corrected chi connectivity index (χ1v) is 6.93. The molecule has 0 saturated carbocycles. The maximum Gasteiger partial charge on any atom is 0.125 e. The van der Waals surface area contributed by atoms with E-state index in [0.29, 0.717) is 5.56 Å². The van der Waals surface area contributed by atoms with E-state index in [9.17, 15) is 0 Å².